The molecule has 0 amide bonds. The molecule has 0 spiro atoms. The maximum atomic E-state index is 11.7. The molecule has 43 heavy (non-hydrogen) atoms. The van der Waals surface area contributed by atoms with E-state index in [4.69, 9.17) is 19.9 Å². The number of methoxy groups -OCH3 is 1. The number of nitrogens with zero attached hydrogens (tertiary/aromatic N) is 1. The third kappa shape index (κ3) is 11.7. The molecule has 0 fully saturated rings. The van der Waals surface area contributed by atoms with Gasteiger partial charge in [0.2, 0.25) is 0 Å². The van der Waals surface area contributed by atoms with Crippen molar-refractivity contribution < 1.29 is 19.0 Å². The van der Waals surface area contributed by atoms with Crippen molar-refractivity contribution in [2.75, 3.05) is 13.7 Å². The van der Waals surface area contributed by atoms with Crippen LogP contribution in [0.3, 0.4) is 0 Å². The second kappa shape index (κ2) is 18.1. The second-order valence-corrected chi connectivity index (χ2v) is 10.1. The zero-order valence-corrected chi connectivity index (χ0v) is 25.8. The van der Waals surface area contributed by atoms with Gasteiger partial charge < -0.3 is 19.9 Å². The van der Waals surface area contributed by atoms with E-state index in [1.165, 1.54) is 18.4 Å². The van der Waals surface area contributed by atoms with Crippen LogP contribution in [0, 0.1) is 0 Å². The minimum atomic E-state index is -0.219. The first kappa shape index (κ1) is 32.9. The predicted molar refractivity (Wildman–Crippen MR) is 177 cm³/mol. The first-order valence-electron chi connectivity index (χ1n) is 15.0. The number of rotatable bonds is 12. The lowest BCUT2D eigenvalue weighted by atomic mass is 10.00. The molecule has 0 radical (unpaired) electrons. The monoisotopic (exact) mass is 580 g/mol. The molecule has 0 aliphatic heterocycles. The lowest BCUT2D eigenvalue weighted by molar-refractivity contribution is -0.139. The highest BCUT2D eigenvalue weighted by Gasteiger charge is 2.15. The number of hydrogen-bond acceptors (Lipinski definition) is 6. The number of carbonyl (C=O) groups is 1. The van der Waals surface area contributed by atoms with Crippen LogP contribution in [0.15, 0.2) is 107 Å². The standard InChI is InChI=1S/C19H23NO.C18H21NO3/c1-3-5-6-16-7-11-18(12-8-16)20-15-17-9-13-19(14-10-17)21-4-2;1-3-4-18(20)22-17-10-7-15(19)12-14(17)11-13-5-8-16(21-2)9-6-13/h7-15H,3-6H2,1-2H3;5-11H,3-4,12,19H2,1-2H3. The lowest BCUT2D eigenvalue weighted by Gasteiger charge is -2.16. The van der Waals surface area contributed by atoms with Crippen LogP contribution < -0.4 is 15.2 Å². The van der Waals surface area contributed by atoms with Gasteiger partial charge in [0.25, 0.3) is 0 Å². The summed E-state index contributed by atoms with van der Waals surface area (Å²) in [5, 5.41) is 0. The number of ether oxygens (including phenoxy) is 3. The van der Waals surface area contributed by atoms with Gasteiger partial charge in [0.15, 0.2) is 0 Å². The lowest BCUT2D eigenvalue weighted by Crippen LogP contribution is -2.10. The smallest absolute Gasteiger partial charge is 0.311 e. The summed E-state index contributed by atoms with van der Waals surface area (Å²) >= 11 is 0. The van der Waals surface area contributed by atoms with Crippen molar-refractivity contribution in [2.45, 2.75) is 59.3 Å². The first-order valence-corrected chi connectivity index (χ1v) is 15.0. The summed E-state index contributed by atoms with van der Waals surface area (Å²) in [7, 11) is 1.63. The molecule has 0 bridgehead atoms. The van der Waals surface area contributed by atoms with Crippen LogP contribution in [-0.2, 0) is 16.0 Å². The van der Waals surface area contributed by atoms with E-state index in [9.17, 15) is 4.79 Å². The van der Waals surface area contributed by atoms with Crippen molar-refractivity contribution in [1.29, 1.82) is 0 Å². The van der Waals surface area contributed by atoms with E-state index in [0.29, 0.717) is 25.2 Å². The Morgan fingerprint density at radius 1 is 0.860 bits per heavy atom. The van der Waals surface area contributed by atoms with Gasteiger partial charge in [-0.05, 0) is 110 Å². The topological polar surface area (TPSA) is 83.1 Å². The zero-order chi connectivity index (χ0) is 30.9. The summed E-state index contributed by atoms with van der Waals surface area (Å²) in [5.74, 6) is 2.05. The maximum absolute atomic E-state index is 11.7. The number of nitrogens with two attached hydrogens (primary N) is 1. The normalized spacial score (nSPS) is 13.5. The van der Waals surface area contributed by atoms with E-state index in [0.717, 1.165) is 52.4 Å². The number of carbonyl (C=O) groups excluding carboxylic acids is 1. The van der Waals surface area contributed by atoms with Gasteiger partial charge in [-0.25, -0.2) is 0 Å². The van der Waals surface area contributed by atoms with Gasteiger partial charge in [0, 0.05) is 30.3 Å². The molecule has 0 saturated carbocycles. The molecule has 3 aromatic carbocycles. The molecular weight excluding hydrogens is 536 g/mol. The number of esters is 1. The fraction of sp³-hybridized carbons (Fsp3) is 0.297. The van der Waals surface area contributed by atoms with Crippen LogP contribution >= 0.6 is 0 Å². The fourth-order valence-electron chi connectivity index (χ4n) is 4.25. The second-order valence-electron chi connectivity index (χ2n) is 10.1. The van der Waals surface area contributed by atoms with Gasteiger partial charge in [-0.3, -0.25) is 9.79 Å². The zero-order valence-electron chi connectivity index (χ0n) is 25.8. The molecule has 3 aromatic rings. The maximum Gasteiger partial charge on any atom is 0.311 e. The van der Waals surface area contributed by atoms with E-state index in [1.807, 2.05) is 74.7 Å². The summed E-state index contributed by atoms with van der Waals surface area (Å²) in [4.78, 5) is 16.2. The van der Waals surface area contributed by atoms with Crippen LogP contribution in [-0.4, -0.2) is 25.9 Å². The van der Waals surface area contributed by atoms with E-state index >= 15 is 0 Å². The third-order valence-corrected chi connectivity index (χ3v) is 6.60. The van der Waals surface area contributed by atoms with Gasteiger partial charge in [0.05, 0.1) is 19.4 Å². The summed E-state index contributed by atoms with van der Waals surface area (Å²) in [5.41, 5.74) is 12.0. The van der Waals surface area contributed by atoms with Gasteiger partial charge in [-0.1, -0.05) is 44.5 Å². The molecule has 0 aromatic heterocycles. The van der Waals surface area contributed by atoms with E-state index in [-0.39, 0.29) is 5.97 Å². The number of hydrogen-bond donors (Lipinski definition) is 1. The van der Waals surface area contributed by atoms with Crippen molar-refractivity contribution >= 4 is 23.9 Å². The number of aryl methyl sites for hydroxylation is 1. The Hall–Kier alpha value is -4.58. The molecule has 0 atom stereocenters. The number of unbranched alkanes of at least 4 members (excludes halogenated alkanes) is 1. The summed E-state index contributed by atoms with van der Waals surface area (Å²) in [6, 6.07) is 24.2. The van der Waals surface area contributed by atoms with E-state index < -0.39 is 0 Å². The number of benzene rings is 3. The number of allylic oxidation sites excluding steroid dienone is 4. The Bertz CT molecular complexity index is 1400. The van der Waals surface area contributed by atoms with Crippen molar-refractivity contribution in [3.05, 3.63) is 119 Å². The SMILES string of the molecule is CCCC(=O)OC1=CC=C(N)CC1=Cc1ccc(OC)cc1.CCCCc1ccc(N=Cc2ccc(OCC)cc2)cc1. The molecule has 4 rings (SSSR count). The molecule has 6 heteroatoms. The van der Waals surface area contributed by atoms with Crippen molar-refractivity contribution in [2.24, 2.45) is 10.7 Å². The molecule has 0 unspecified atom stereocenters. The van der Waals surface area contributed by atoms with Crippen molar-refractivity contribution in [3.63, 3.8) is 0 Å². The van der Waals surface area contributed by atoms with Crippen LogP contribution in [0.2, 0.25) is 0 Å². The third-order valence-electron chi connectivity index (χ3n) is 6.60. The molecule has 1 aliphatic carbocycles. The molecular formula is C37H44N2O4. The van der Waals surface area contributed by atoms with Gasteiger partial charge in [-0.2, -0.15) is 0 Å². The molecule has 2 N–H and O–H groups in total. The Kier molecular flexibility index (Phi) is 13.8. The highest BCUT2D eigenvalue weighted by Crippen LogP contribution is 2.27. The van der Waals surface area contributed by atoms with Crippen LogP contribution in [0.1, 0.15) is 69.6 Å². The minimum Gasteiger partial charge on any atom is -0.497 e. The van der Waals surface area contributed by atoms with Crippen LogP contribution in [0.5, 0.6) is 11.5 Å². The van der Waals surface area contributed by atoms with Crippen molar-refractivity contribution in [3.8, 4) is 11.5 Å². The number of aliphatic imine (C=N–C) groups is 1. The van der Waals surface area contributed by atoms with Gasteiger partial charge in [-0.15, -0.1) is 0 Å². The highest BCUT2D eigenvalue weighted by molar-refractivity contribution is 5.82. The van der Waals surface area contributed by atoms with Crippen LogP contribution in [0.4, 0.5) is 5.69 Å². The van der Waals surface area contributed by atoms with Gasteiger partial charge in [0.1, 0.15) is 17.3 Å². The summed E-state index contributed by atoms with van der Waals surface area (Å²) in [6.07, 6.45) is 12.8. The van der Waals surface area contributed by atoms with Crippen LogP contribution in [0.25, 0.3) is 6.08 Å². The molecule has 1 aliphatic rings. The van der Waals surface area contributed by atoms with Crippen molar-refractivity contribution in [1.82, 2.24) is 0 Å². The molecule has 6 nitrogen and oxygen atoms in total. The Morgan fingerprint density at radius 3 is 2.16 bits per heavy atom. The minimum absolute atomic E-state index is 0.219. The Balaban J connectivity index is 0.000000236. The molecule has 0 saturated heterocycles. The summed E-state index contributed by atoms with van der Waals surface area (Å²) in [6.45, 7) is 6.84. The first-order chi connectivity index (χ1) is 20.9. The fourth-order valence-corrected chi connectivity index (χ4v) is 4.25. The van der Waals surface area contributed by atoms with Gasteiger partial charge >= 0.3 is 5.97 Å². The Morgan fingerprint density at radius 2 is 1.53 bits per heavy atom. The average Bonchev–Trinajstić information content (AvgIpc) is 3.02. The predicted octanol–water partition coefficient (Wildman–Crippen LogP) is 8.73. The molecule has 226 valence electrons. The van der Waals surface area contributed by atoms with E-state index in [2.05, 4.69) is 36.2 Å². The molecule has 0 heterocycles. The largest absolute Gasteiger partial charge is 0.497 e. The summed E-state index contributed by atoms with van der Waals surface area (Å²) < 4.78 is 16.0. The quantitative estimate of drug-likeness (QED) is 0.171. The average molecular weight is 581 g/mol. The van der Waals surface area contributed by atoms with E-state index in [1.54, 1.807) is 19.3 Å². The Labute approximate surface area is 256 Å². The highest BCUT2D eigenvalue weighted by atomic mass is 16.5.